The number of carbonyl (C=O) groups excluding carboxylic acids is 1. The number of imidazole rings is 1. The quantitative estimate of drug-likeness (QED) is 0.477. The predicted octanol–water partition coefficient (Wildman–Crippen LogP) is 0.612. The molecule has 0 spiro atoms. The molecule has 0 radical (unpaired) electrons. The van der Waals surface area contributed by atoms with E-state index >= 15 is 0 Å². The van der Waals surface area contributed by atoms with Crippen molar-refractivity contribution in [2.24, 2.45) is 14.1 Å². The molecule has 10 heteroatoms. The van der Waals surface area contributed by atoms with Crippen molar-refractivity contribution in [3.05, 3.63) is 80.0 Å². The molecule has 0 saturated heterocycles. The number of carbonyl (C=O) groups is 1. The van der Waals surface area contributed by atoms with Gasteiger partial charge in [0.1, 0.15) is 6.54 Å². The largest absolute Gasteiger partial charge is 0.350 e. The van der Waals surface area contributed by atoms with E-state index in [-0.39, 0.29) is 23.6 Å². The zero-order valence-corrected chi connectivity index (χ0v) is 18.5. The highest BCUT2D eigenvalue weighted by atomic mass is 16.2. The molecular formula is C22H25N7O3. The molecule has 3 aromatic heterocycles. The Morgan fingerprint density at radius 1 is 1.06 bits per heavy atom. The van der Waals surface area contributed by atoms with E-state index in [1.54, 1.807) is 7.05 Å². The van der Waals surface area contributed by atoms with Gasteiger partial charge in [-0.25, -0.2) is 9.78 Å². The van der Waals surface area contributed by atoms with E-state index in [1.807, 2.05) is 48.9 Å². The number of benzene rings is 1. The van der Waals surface area contributed by atoms with Crippen LogP contribution in [0.25, 0.3) is 11.2 Å². The van der Waals surface area contributed by atoms with E-state index in [0.717, 1.165) is 27.1 Å². The lowest BCUT2D eigenvalue weighted by Gasteiger charge is -2.09. The molecule has 0 atom stereocenters. The second-order valence-corrected chi connectivity index (χ2v) is 7.82. The molecule has 0 fully saturated rings. The summed E-state index contributed by atoms with van der Waals surface area (Å²) in [6.45, 7) is 4.81. The zero-order chi connectivity index (χ0) is 23.0. The Morgan fingerprint density at radius 3 is 2.50 bits per heavy atom. The van der Waals surface area contributed by atoms with Crippen molar-refractivity contribution < 1.29 is 4.79 Å². The molecule has 0 bridgehead atoms. The van der Waals surface area contributed by atoms with Gasteiger partial charge < -0.3 is 9.88 Å². The van der Waals surface area contributed by atoms with Crippen molar-refractivity contribution in [2.45, 2.75) is 33.5 Å². The van der Waals surface area contributed by atoms with E-state index in [4.69, 9.17) is 0 Å². The van der Waals surface area contributed by atoms with Crippen LogP contribution >= 0.6 is 0 Å². The molecule has 3 heterocycles. The summed E-state index contributed by atoms with van der Waals surface area (Å²) in [6, 6.07) is 10.1. The third-order valence-corrected chi connectivity index (χ3v) is 5.70. The van der Waals surface area contributed by atoms with Crippen LogP contribution < -0.4 is 16.6 Å². The van der Waals surface area contributed by atoms with Crippen LogP contribution in [0.3, 0.4) is 0 Å². The summed E-state index contributed by atoms with van der Waals surface area (Å²) in [6.07, 6.45) is 1.40. The minimum atomic E-state index is -0.484. The van der Waals surface area contributed by atoms with Crippen LogP contribution in [-0.4, -0.2) is 34.4 Å². The van der Waals surface area contributed by atoms with Crippen molar-refractivity contribution in [1.82, 2.24) is 33.8 Å². The van der Waals surface area contributed by atoms with Gasteiger partial charge in [0.05, 0.1) is 18.6 Å². The highest BCUT2D eigenvalue weighted by Gasteiger charge is 2.17. The minimum absolute atomic E-state index is 0.0831. The summed E-state index contributed by atoms with van der Waals surface area (Å²) in [7, 11) is 2.94. The van der Waals surface area contributed by atoms with Gasteiger partial charge in [-0.3, -0.25) is 23.4 Å². The van der Waals surface area contributed by atoms with Crippen LogP contribution in [0.15, 0.2) is 46.2 Å². The van der Waals surface area contributed by atoms with Crippen LogP contribution in [-0.2, 0) is 38.5 Å². The number of fused-ring (bicyclic) bond motifs is 1. The highest BCUT2D eigenvalue weighted by molar-refractivity contribution is 5.78. The SMILES string of the molecule is Cc1nn(Cc2ccccc2)c(C)c1CNC(=O)Cn1cnc2c1c(=O)n(C)c(=O)n2C. The summed E-state index contributed by atoms with van der Waals surface area (Å²) < 4.78 is 5.69. The molecular weight excluding hydrogens is 410 g/mol. The monoisotopic (exact) mass is 435 g/mol. The molecule has 0 unspecified atom stereocenters. The van der Waals surface area contributed by atoms with Crippen molar-refractivity contribution in [1.29, 1.82) is 0 Å². The molecule has 0 aliphatic carbocycles. The molecule has 1 N–H and O–H groups in total. The summed E-state index contributed by atoms with van der Waals surface area (Å²) >= 11 is 0. The van der Waals surface area contributed by atoms with Gasteiger partial charge in [-0.1, -0.05) is 30.3 Å². The van der Waals surface area contributed by atoms with Crippen molar-refractivity contribution in [3.63, 3.8) is 0 Å². The molecule has 32 heavy (non-hydrogen) atoms. The number of aromatic nitrogens is 6. The molecule has 1 amide bonds. The third-order valence-electron chi connectivity index (χ3n) is 5.70. The molecule has 1 aromatic carbocycles. The van der Waals surface area contributed by atoms with Crippen LogP contribution in [0.4, 0.5) is 0 Å². The van der Waals surface area contributed by atoms with E-state index in [9.17, 15) is 14.4 Å². The fourth-order valence-electron chi connectivity index (χ4n) is 3.81. The normalized spacial score (nSPS) is 11.2. The lowest BCUT2D eigenvalue weighted by molar-refractivity contribution is -0.121. The number of hydrogen-bond acceptors (Lipinski definition) is 5. The maximum absolute atomic E-state index is 12.6. The van der Waals surface area contributed by atoms with Crippen LogP contribution in [0.1, 0.15) is 22.5 Å². The van der Waals surface area contributed by atoms with Crippen molar-refractivity contribution >= 4 is 17.1 Å². The Bertz CT molecular complexity index is 1420. The fourth-order valence-corrected chi connectivity index (χ4v) is 3.81. The van der Waals surface area contributed by atoms with Gasteiger partial charge in [0.25, 0.3) is 5.56 Å². The number of rotatable bonds is 6. The van der Waals surface area contributed by atoms with E-state index in [1.165, 1.54) is 22.5 Å². The van der Waals surface area contributed by atoms with E-state index in [0.29, 0.717) is 13.1 Å². The van der Waals surface area contributed by atoms with Gasteiger partial charge in [0.15, 0.2) is 11.2 Å². The maximum atomic E-state index is 12.6. The molecule has 4 aromatic rings. The first-order valence-electron chi connectivity index (χ1n) is 10.2. The summed E-state index contributed by atoms with van der Waals surface area (Å²) in [5.41, 5.74) is 3.48. The zero-order valence-electron chi connectivity index (χ0n) is 18.5. The number of hydrogen-bond donors (Lipinski definition) is 1. The van der Waals surface area contributed by atoms with Crippen molar-refractivity contribution in [2.75, 3.05) is 0 Å². The van der Waals surface area contributed by atoms with Crippen LogP contribution in [0.2, 0.25) is 0 Å². The summed E-state index contributed by atoms with van der Waals surface area (Å²) in [4.78, 5) is 41.4. The lowest BCUT2D eigenvalue weighted by Crippen LogP contribution is -2.38. The molecule has 0 aliphatic heterocycles. The number of aryl methyl sites for hydroxylation is 2. The Labute approximate surface area is 183 Å². The minimum Gasteiger partial charge on any atom is -0.350 e. The van der Waals surface area contributed by atoms with E-state index in [2.05, 4.69) is 15.4 Å². The molecule has 166 valence electrons. The second-order valence-electron chi connectivity index (χ2n) is 7.82. The smallest absolute Gasteiger partial charge is 0.332 e. The van der Waals surface area contributed by atoms with Crippen LogP contribution in [0, 0.1) is 13.8 Å². The average Bonchev–Trinajstić information content (AvgIpc) is 3.30. The first-order valence-corrected chi connectivity index (χ1v) is 10.2. The highest BCUT2D eigenvalue weighted by Crippen LogP contribution is 2.15. The Balaban J connectivity index is 1.50. The van der Waals surface area contributed by atoms with Gasteiger partial charge in [-0.2, -0.15) is 5.10 Å². The van der Waals surface area contributed by atoms with Gasteiger partial charge in [0.2, 0.25) is 5.91 Å². The molecule has 0 saturated carbocycles. The molecule has 0 aliphatic rings. The predicted molar refractivity (Wildman–Crippen MR) is 119 cm³/mol. The van der Waals surface area contributed by atoms with Gasteiger partial charge >= 0.3 is 5.69 Å². The van der Waals surface area contributed by atoms with Gasteiger partial charge in [0, 0.05) is 31.9 Å². The summed E-state index contributed by atoms with van der Waals surface area (Å²) in [5, 5.41) is 7.52. The first-order chi connectivity index (χ1) is 15.3. The molecule has 10 nitrogen and oxygen atoms in total. The number of nitrogens with one attached hydrogen (secondary N) is 1. The van der Waals surface area contributed by atoms with Gasteiger partial charge in [-0.05, 0) is 19.4 Å². The van der Waals surface area contributed by atoms with Crippen molar-refractivity contribution in [3.8, 4) is 0 Å². The lowest BCUT2D eigenvalue weighted by atomic mass is 10.2. The maximum Gasteiger partial charge on any atom is 0.332 e. The summed E-state index contributed by atoms with van der Waals surface area (Å²) in [5.74, 6) is -0.269. The third kappa shape index (κ3) is 3.75. The van der Waals surface area contributed by atoms with E-state index < -0.39 is 11.2 Å². The van der Waals surface area contributed by atoms with Crippen LogP contribution in [0.5, 0.6) is 0 Å². The van der Waals surface area contributed by atoms with Gasteiger partial charge in [-0.15, -0.1) is 0 Å². The average molecular weight is 435 g/mol. The Kier molecular flexibility index (Phi) is 5.52. The number of nitrogens with zero attached hydrogens (tertiary/aromatic N) is 6. The second kappa shape index (κ2) is 8.29. The number of amides is 1. The first kappa shape index (κ1) is 21.3. The fraction of sp³-hybridized carbons (Fsp3) is 0.318. The topological polar surface area (TPSA) is 109 Å². The standard InChI is InChI=1S/C22H25N7O3/c1-14-17(15(2)29(25-14)11-16-8-6-5-7-9-16)10-23-18(30)12-28-13-24-20-19(28)21(31)27(4)22(32)26(20)3/h5-9,13H,10-12H2,1-4H3,(H,23,30). The molecule has 4 rings (SSSR count). The Morgan fingerprint density at radius 2 is 1.78 bits per heavy atom. The Hall–Kier alpha value is -3.95.